The molecule has 0 radical (unpaired) electrons. The number of likely N-dealkylation sites (N-methyl/N-ethyl adjacent to an activating group) is 1. The van der Waals surface area contributed by atoms with Gasteiger partial charge in [-0.05, 0) is 24.1 Å². The smallest absolute Gasteiger partial charge is 0.236 e. The largest absolute Gasteiger partial charge is 0.348 e. The first-order valence-electron chi connectivity index (χ1n) is 5.73. The van der Waals surface area contributed by atoms with Crippen molar-refractivity contribution in [2.75, 3.05) is 20.6 Å². The highest BCUT2D eigenvalue weighted by Crippen LogP contribution is 2.18. The summed E-state index contributed by atoms with van der Waals surface area (Å²) in [5.41, 5.74) is 1.16. The topological polar surface area (TPSA) is 32.3 Å². The molecule has 0 aromatic heterocycles. The summed E-state index contributed by atoms with van der Waals surface area (Å²) < 4.78 is 0. The minimum atomic E-state index is 0.0809. The maximum absolute atomic E-state index is 11.5. The van der Waals surface area contributed by atoms with E-state index in [1.165, 1.54) is 0 Å². The molecule has 1 N–H and O–H groups in total. The fourth-order valence-electron chi connectivity index (χ4n) is 1.56. The van der Waals surface area contributed by atoms with Gasteiger partial charge in [0.2, 0.25) is 5.91 Å². The molecule has 0 bridgehead atoms. The van der Waals surface area contributed by atoms with Gasteiger partial charge in [0.15, 0.2) is 0 Å². The van der Waals surface area contributed by atoms with Crippen LogP contribution < -0.4 is 5.32 Å². The van der Waals surface area contributed by atoms with Gasteiger partial charge >= 0.3 is 0 Å². The number of nitrogens with one attached hydrogen (secondary N) is 1. The molecule has 0 saturated heterocycles. The third-order valence-corrected chi connectivity index (χ3v) is 2.93. The average molecular weight is 255 g/mol. The van der Waals surface area contributed by atoms with Gasteiger partial charge in [-0.25, -0.2) is 0 Å². The number of rotatable bonds is 5. The number of hydrogen-bond acceptors (Lipinski definition) is 2. The van der Waals surface area contributed by atoms with E-state index < -0.39 is 0 Å². The van der Waals surface area contributed by atoms with Crippen LogP contribution in [0, 0.1) is 0 Å². The zero-order chi connectivity index (χ0) is 12.8. The van der Waals surface area contributed by atoms with Gasteiger partial charge in [-0.3, -0.25) is 4.79 Å². The molecule has 1 aromatic rings. The second-order valence-electron chi connectivity index (χ2n) is 4.18. The SMILES string of the molecule is CCC(NCC(=O)N(C)C)c1ccc(Cl)cc1. The van der Waals surface area contributed by atoms with Crippen LogP contribution in [0.3, 0.4) is 0 Å². The molecule has 0 aliphatic heterocycles. The first-order chi connectivity index (χ1) is 8.04. The van der Waals surface area contributed by atoms with Gasteiger partial charge < -0.3 is 10.2 Å². The molecule has 1 atom stereocenters. The molecule has 94 valence electrons. The third kappa shape index (κ3) is 4.36. The number of nitrogens with zero attached hydrogens (tertiary/aromatic N) is 1. The quantitative estimate of drug-likeness (QED) is 0.876. The van der Waals surface area contributed by atoms with Gasteiger partial charge in [0.1, 0.15) is 0 Å². The number of hydrogen-bond donors (Lipinski definition) is 1. The lowest BCUT2D eigenvalue weighted by Gasteiger charge is -2.18. The number of carbonyl (C=O) groups is 1. The fourth-order valence-corrected chi connectivity index (χ4v) is 1.69. The predicted octanol–water partition coefficient (Wildman–Crippen LogP) is 2.47. The van der Waals surface area contributed by atoms with Gasteiger partial charge in [-0.2, -0.15) is 0 Å². The van der Waals surface area contributed by atoms with E-state index in [0.717, 1.165) is 17.0 Å². The van der Waals surface area contributed by atoms with Crippen LogP contribution in [-0.4, -0.2) is 31.4 Å². The van der Waals surface area contributed by atoms with Crippen LogP contribution in [0.15, 0.2) is 24.3 Å². The molecule has 1 amide bonds. The van der Waals surface area contributed by atoms with Gasteiger partial charge in [0, 0.05) is 25.2 Å². The van der Waals surface area contributed by atoms with Crippen LogP contribution in [0.2, 0.25) is 5.02 Å². The summed E-state index contributed by atoms with van der Waals surface area (Å²) in [7, 11) is 3.51. The highest BCUT2D eigenvalue weighted by Gasteiger charge is 2.11. The summed E-state index contributed by atoms with van der Waals surface area (Å²) in [5, 5.41) is 3.98. The van der Waals surface area contributed by atoms with Gasteiger partial charge in [0.25, 0.3) is 0 Å². The van der Waals surface area contributed by atoms with Crippen molar-refractivity contribution in [2.24, 2.45) is 0 Å². The number of halogens is 1. The molecule has 17 heavy (non-hydrogen) atoms. The Labute approximate surface area is 108 Å². The van der Waals surface area contributed by atoms with E-state index in [9.17, 15) is 4.79 Å². The predicted molar refractivity (Wildman–Crippen MR) is 71.2 cm³/mol. The summed E-state index contributed by atoms with van der Waals surface area (Å²) in [6, 6.07) is 7.91. The van der Waals surface area contributed by atoms with Crippen LogP contribution in [0.5, 0.6) is 0 Å². The Hall–Kier alpha value is -1.06. The zero-order valence-corrected chi connectivity index (χ0v) is 11.3. The van der Waals surface area contributed by atoms with Gasteiger partial charge in [0.05, 0.1) is 6.54 Å². The van der Waals surface area contributed by atoms with Crippen molar-refractivity contribution < 1.29 is 4.79 Å². The maximum atomic E-state index is 11.5. The van der Waals surface area contributed by atoms with Crippen LogP contribution in [-0.2, 0) is 4.79 Å². The first-order valence-corrected chi connectivity index (χ1v) is 6.11. The first kappa shape index (κ1) is 14.0. The molecular weight excluding hydrogens is 236 g/mol. The summed E-state index contributed by atoms with van der Waals surface area (Å²) in [4.78, 5) is 13.1. The second-order valence-corrected chi connectivity index (χ2v) is 4.62. The van der Waals surface area contributed by atoms with Crippen molar-refractivity contribution in [1.82, 2.24) is 10.2 Å². The maximum Gasteiger partial charge on any atom is 0.236 e. The molecule has 0 fully saturated rings. The lowest BCUT2D eigenvalue weighted by atomic mass is 10.0. The monoisotopic (exact) mass is 254 g/mol. The lowest BCUT2D eigenvalue weighted by Crippen LogP contribution is -2.34. The lowest BCUT2D eigenvalue weighted by molar-refractivity contribution is -0.127. The second kappa shape index (κ2) is 6.62. The molecule has 0 aliphatic carbocycles. The summed E-state index contributed by atoms with van der Waals surface area (Å²) in [6.07, 6.45) is 0.933. The van der Waals surface area contributed by atoms with E-state index >= 15 is 0 Å². The minimum Gasteiger partial charge on any atom is -0.348 e. The Kier molecular flexibility index (Phi) is 5.45. The Morgan fingerprint density at radius 3 is 2.41 bits per heavy atom. The fraction of sp³-hybridized carbons (Fsp3) is 0.462. The Morgan fingerprint density at radius 2 is 1.94 bits per heavy atom. The van der Waals surface area contributed by atoms with E-state index in [1.807, 2.05) is 24.3 Å². The number of amides is 1. The molecule has 0 aliphatic rings. The van der Waals surface area contributed by atoms with Crippen molar-refractivity contribution >= 4 is 17.5 Å². The van der Waals surface area contributed by atoms with E-state index in [1.54, 1.807) is 19.0 Å². The van der Waals surface area contributed by atoms with Crippen molar-refractivity contribution in [3.63, 3.8) is 0 Å². The van der Waals surface area contributed by atoms with Crippen LogP contribution in [0.25, 0.3) is 0 Å². The summed E-state index contributed by atoms with van der Waals surface area (Å²) >= 11 is 5.85. The average Bonchev–Trinajstić information content (AvgIpc) is 2.31. The summed E-state index contributed by atoms with van der Waals surface area (Å²) in [5.74, 6) is 0.0809. The van der Waals surface area contributed by atoms with E-state index in [2.05, 4.69) is 12.2 Å². The minimum absolute atomic E-state index is 0.0809. The molecule has 1 aromatic carbocycles. The molecule has 0 spiro atoms. The zero-order valence-electron chi connectivity index (χ0n) is 10.5. The van der Waals surface area contributed by atoms with Crippen LogP contribution in [0.1, 0.15) is 24.9 Å². The van der Waals surface area contributed by atoms with Crippen molar-refractivity contribution in [3.8, 4) is 0 Å². The van der Waals surface area contributed by atoms with Crippen molar-refractivity contribution in [2.45, 2.75) is 19.4 Å². The van der Waals surface area contributed by atoms with Crippen LogP contribution >= 0.6 is 11.6 Å². The third-order valence-electron chi connectivity index (χ3n) is 2.68. The molecular formula is C13H19ClN2O. The van der Waals surface area contributed by atoms with E-state index in [0.29, 0.717) is 6.54 Å². The van der Waals surface area contributed by atoms with E-state index in [-0.39, 0.29) is 11.9 Å². The van der Waals surface area contributed by atoms with Crippen molar-refractivity contribution in [3.05, 3.63) is 34.9 Å². The molecule has 0 heterocycles. The Bertz CT molecular complexity index is 362. The number of carbonyl (C=O) groups excluding carboxylic acids is 1. The molecule has 4 heteroatoms. The molecule has 3 nitrogen and oxygen atoms in total. The summed E-state index contributed by atoms with van der Waals surface area (Å²) in [6.45, 7) is 2.44. The van der Waals surface area contributed by atoms with Crippen LogP contribution in [0.4, 0.5) is 0 Å². The van der Waals surface area contributed by atoms with Gasteiger partial charge in [-0.15, -0.1) is 0 Å². The Morgan fingerprint density at radius 1 is 1.35 bits per heavy atom. The highest BCUT2D eigenvalue weighted by molar-refractivity contribution is 6.30. The van der Waals surface area contributed by atoms with Crippen molar-refractivity contribution in [1.29, 1.82) is 0 Å². The molecule has 1 unspecified atom stereocenters. The normalized spacial score (nSPS) is 12.2. The van der Waals surface area contributed by atoms with E-state index in [4.69, 9.17) is 11.6 Å². The molecule has 1 rings (SSSR count). The Balaban J connectivity index is 2.60. The highest BCUT2D eigenvalue weighted by atomic mass is 35.5. The van der Waals surface area contributed by atoms with Gasteiger partial charge in [-0.1, -0.05) is 30.7 Å². The standard InChI is InChI=1S/C13H19ClN2O/c1-4-12(15-9-13(17)16(2)3)10-5-7-11(14)8-6-10/h5-8,12,15H,4,9H2,1-3H3. The molecule has 0 saturated carbocycles. The number of benzene rings is 1.